The molecule has 2 atom stereocenters. The summed E-state index contributed by atoms with van der Waals surface area (Å²) >= 11 is 5.75. The summed E-state index contributed by atoms with van der Waals surface area (Å²) in [7, 11) is 0. The van der Waals surface area contributed by atoms with Crippen LogP contribution < -0.4 is 11.1 Å². The van der Waals surface area contributed by atoms with Crippen molar-refractivity contribution in [1.29, 1.82) is 0 Å². The molecular weight excluding hydrogens is 203 g/mol. The number of hydrogen-bond donors (Lipinski definition) is 2. The van der Waals surface area contributed by atoms with Gasteiger partial charge in [0.15, 0.2) is 0 Å². The third kappa shape index (κ3) is 0.889. The molecule has 1 aliphatic carbocycles. The standard InChI is InChI=1S/C10H10ClFN2/c11-6-1-5-8(2-7(6)12)14-4-10(5)3-9(10)13/h1-2,9,14H,3-4,13H2. The van der Waals surface area contributed by atoms with Gasteiger partial charge in [0.2, 0.25) is 0 Å². The number of nitrogens with one attached hydrogen (secondary N) is 1. The molecule has 14 heavy (non-hydrogen) atoms. The van der Waals surface area contributed by atoms with E-state index in [0.29, 0.717) is 0 Å². The third-order valence-corrected chi connectivity index (χ3v) is 3.61. The maximum absolute atomic E-state index is 13.1. The van der Waals surface area contributed by atoms with Crippen LogP contribution in [-0.2, 0) is 5.41 Å². The monoisotopic (exact) mass is 212 g/mol. The highest BCUT2D eigenvalue weighted by Gasteiger charge is 2.56. The maximum atomic E-state index is 13.1. The largest absolute Gasteiger partial charge is 0.384 e. The summed E-state index contributed by atoms with van der Waals surface area (Å²) in [5.41, 5.74) is 7.85. The summed E-state index contributed by atoms with van der Waals surface area (Å²) in [4.78, 5) is 0. The molecule has 0 bridgehead atoms. The van der Waals surface area contributed by atoms with Crippen LogP contribution in [0, 0.1) is 5.82 Å². The van der Waals surface area contributed by atoms with Crippen LogP contribution in [0.15, 0.2) is 12.1 Å². The van der Waals surface area contributed by atoms with Gasteiger partial charge in [0, 0.05) is 23.7 Å². The molecular formula is C10H10ClFN2. The molecule has 0 aromatic heterocycles. The van der Waals surface area contributed by atoms with E-state index >= 15 is 0 Å². The number of halogens is 2. The molecule has 2 unspecified atom stereocenters. The summed E-state index contributed by atoms with van der Waals surface area (Å²) in [6, 6.07) is 3.36. The van der Waals surface area contributed by atoms with Gasteiger partial charge < -0.3 is 11.1 Å². The Morgan fingerprint density at radius 3 is 2.93 bits per heavy atom. The molecule has 1 aromatic carbocycles. The third-order valence-electron chi connectivity index (χ3n) is 3.32. The minimum Gasteiger partial charge on any atom is -0.384 e. The Bertz CT molecular complexity index is 421. The van der Waals surface area contributed by atoms with E-state index in [-0.39, 0.29) is 22.3 Å². The predicted molar refractivity (Wildman–Crippen MR) is 54.2 cm³/mol. The number of anilines is 1. The molecule has 1 heterocycles. The van der Waals surface area contributed by atoms with Gasteiger partial charge in [-0.1, -0.05) is 11.6 Å². The predicted octanol–water partition coefficient (Wildman–Crippen LogP) is 1.87. The fraction of sp³-hybridized carbons (Fsp3) is 0.400. The van der Waals surface area contributed by atoms with Crippen LogP contribution >= 0.6 is 11.6 Å². The highest BCUT2D eigenvalue weighted by molar-refractivity contribution is 6.31. The van der Waals surface area contributed by atoms with Crippen molar-refractivity contribution in [3.63, 3.8) is 0 Å². The van der Waals surface area contributed by atoms with E-state index in [9.17, 15) is 4.39 Å². The van der Waals surface area contributed by atoms with Crippen LogP contribution in [0.2, 0.25) is 5.02 Å². The fourth-order valence-electron chi connectivity index (χ4n) is 2.30. The Morgan fingerprint density at radius 1 is 1.57 bits per heavy atom. The number of fused-ring (bicyclic) bond motifs is 2. The lowest BCUT2D eigenvalue weighted by Gasteiger charge is -2.07. The average molecular weight is 213 g/mol. The van der Waals surface area contributed by atoms with Crippen LogP contribution in [-0.4, -0.2) is 12.6 Å². The highest BCUT2D eigenvalue weighted by Crippen LogP contribution is 2.53. The summed E-state index contributed by atoms with van der Waals surface area (Å²) in [5.74, 6) is -0.371. The van der Waals surface area contributed by atoms with Crippen LogP contribution in [0.4, 0.5) is 10.1 Å². The molecule has 0 saturated heterocycles. The summed E-state index contributed by atoms with van der Waals surface area (Å²) < 4.78 is 13.1. The Hall–Kier alpha value is -0.800. The van der Waals surface area contributed by atoms with Gasteiger partial charge in [0.05, 0.1) is 5.02 Å². The van der Waals surface area contributed by atoms with Crippen molar-refractivity contribution >= 4 is 17.3 Å². The molecule has 1 aliphatic heterocycles. The highest BCUT2D eigenvalue weighted by atomic mass is 35.5. The van der Waals surface area contributed by atoms with Crippen molar-refractivity contribution in [2.75, 3.05) is 11.9 Å². The van der Waals surface area contributed by atoms with Crippen molar-refractivity contribution in [2.24, 2.45) is 5.73 Å². The lowest BCUT2D eigenvalue weighted by molar-refractivity contribution is 0.628. The average Bonchev–Trinajstić information content (AvgIpc) is 2.67. The maximum Gasteiger partial charge on any atom is 0.143 e. The van der Waals surface area contributed by atoms with Crippen molar-refractivity contribution in [3.05, 3.63) is 28.5 Å². The van der Waals surface area contributed by atoms with E-state index in [2.05, 4.69) is 5.32 Å². The minimum atomic E-state index is -0.371. The van der Waals surface area contributed by atoms with Gasteiger partial charge in [-0.25, -0.2) is 4.39 Å². The van der Waals surface area contributed by atoms with Gasteiger partial charge >= 0.3 is 0 Å². The van der Waals surface area contributed by atoms with E-state index < -0.39 is 0 Å². The summed E-state index contributed by atoms with van der Waals surface area (Å²) in [6.45, 7) is 0.809. The number of hydrogen-bond acceptors (Lipinski definition) is 2. The number of nitrogens with two attached hydrogens (primary N) is 1. The molecule has 1 spiro atoms. The Labute approximate surface area is 86.2 Å². The first kappa shape index (κ1) is 8.50. The van der Waals surface area contributed by atoms with E-state index in [1.165, 1.54) is 6.07 Å². The Morgan fingerprint density at radius 2 is 2.29 bits per heavy atom. The zero-order chi connectivity index (χ0) is 9.92. The van der Waals surface area contributed by atoms with Crippen molar-refractivity contribution in [2.45, 2.75) is 17.9 Å². The van der Waals surface area contributed by atoms with E-state index in [1.807, 2.05) is 0 Å². The molecule has 3 N–H and O–H groups in total. The quantitative estimate of drug-likeness (QED) is 0.689. The van der Waals surface area contributed by atoms with Crippen LogP contribution in [0.1, 0.15) is 12.0 Å². The molecule has 0 radical (unpaired) electrons. The SMILES string of the molecule is NC1CC12CNc1cc(F)c(Cl)cc12. The molecule has 74 valence electrons. The first-order valence-electron chi connectivity index (χ1n) is 4.62. The normalized spacial score (nSPS) is 32.9. The smallest absolute Gasteiger partial charge is 0.143 e. The molecule has 4 heteroatoms. The first-order chi connectivity index (χ1) is 6.63. The van der Waals surface area contributed by atoms with E-state index in [4.69, 9.17) is 17.3 Å². The topological polar surface area (TPSA) is 38.0 Å². The first-order valence-corrected chi connectivity index (χ1v) is 5.00. The van der Waals surface area contributed by atoms with E-state index in [0.717, 1.165) is 24.2 Å². The lowest BCUT2D eigenvalue weighted by Crippen LogP contribution is -2.20. The second-order valence-corrected chi connectivity index (χ2v) is 4.54. The Kier molecular flexibility index (Phi) is 1.46. The molecule has 1 aromatic rings. The van der Waals surface area contributed by atoms with Gasteiger partial charge in [-0.3, -0.25) is 0 Å². The van der Waals surface area contributed by atoms with Crippen LogP contribution in [0.5, 0.6) is 0 Å². The molecule has 3 rings (SSSR count). The van der Waals surface area contributed by atoms with Crippen LogP contribution in [0.25, 0.3) is 0 Å². The van der Waals surface area contributed by atoms with Crippen molar-refractivity contribution < 1.29 is 4.39 Å². The molecule has 2 aliphatic rings. The van der Waals surface area contributed by atoms with Crippen molar-refractivity contribution in [3.8, 4) is 0 Å². The molecule has 1 fully saturated rings. The van der Waals surface area contributed by atoms with Crippen LogP contribution in [0.3, 0.4) is 0 Å². The second-order valence-electron chi connectivity index (χ2n) is 4.13. The molecule has 0 amide bonds. The van der Waals surface area contributed by atoms with Crippen molar-refractivity contribution in [1.82, 2.24) is 0 Å². The lowest BCUT2D eigenvalue weighted by atomic mass is 9.97. The van der Waals surface area contributed by atoms with Gasteiger partial charge in [-0.15, -0.1) is 0 Å². The summed E-state index contributed by atoms with van der Waals surface area (Å²) in [5, 5.41) is 3.36. The molecule has 1 saturated carbocycles. The summed E-state index contributed by atoms with van der Waals surface area (Å²) in [6.07, 6.45) is 0.967. The van der Waals surface area contributed by atoms with Gasteiger partial charge in [0.25, 0.3) is 0 Å². The van der Waals surface area contributed by atoms with Gasteiger partial charge in [0.1, 0.15) is 5.82 Å². The van der Waals surface area contributed by atoms with Gasteiger partial charge in [-0.2, -0.15) is 0 Å². The fourth-order valence-corrected chi connectivity index (χ4v) is 2.46. The molecule has 2 nitrogen and oxygen atoms in total. The zero-order valence-corrected chi connectivity index (χ0v) is 8.24. The number of benzene rings is 1. The van der Waals surface area contributed by atoms with E-state index in [1.54, 1.807) is 6.07 Å². The minimum absolute atomic E-state index is 0.0344. The zero-order valence-electron chi connectivity index (χ0n) is 7.48. The Balaban J connectivity index is 2.17. The van der Waals surface area contributed by atoms with Gasteiger partial charge in [-0.05, 0) is 24.1 Å². The number of rotatable bonds is 0. The second kappa shape index (κ2) is 2.41.